The van der Waals surface area contributed by atoms with Crippen molar-refractivity contribution in [3.05, 3.63) is 95.0 Å². The molecule has 8 heteroatoms. The number of piperazine rings is 1. The number of sulfonamides is 1. The molecular weight excluding hydrogens is 446 g/mol. The van der Waals surface area contributed by atoms with Gasteiger partial charge >= 0.3 is 0 Å². The van der Waals surface area contributed by atoms with Gasteiger partial charge in [0.1, 0.15) is 0 Å². The number of carbonyl (C=O) groups excluding carboxylic acids is 1. The van der Waals surface area contributed by atoms with E-state index in [1.165, 1.54) is 22.0 Å². The number of anilines is 1. The van der Waals surface area contributed by atoms with E-state index in [9.17, 15) is 13.2 Å². The zero-order chi connectivity index (χ0) is 22.6. The third kappa shape index (κ3) is 5.19. The van der Waals surface area contributed by atoms with Crippen molar-refractivity contribution in [2.75, 3.05) is 31.5 Å². The first-order valence-corrected chi connectivity index (χ1v) is 12.2. The summed E-state index contributed by atoms with van der Waals surface area (Å²) < 4.78 is 27.9. The molecule has 1 fully saturated rings. The van der Waals surface area contributed by atoms with Crippen molar-refractivity contribution in [1.82, 2.24) is 9.21 Å². The van der Waals surface area contributed by atoms with Crippen molar-refractivity contribution in [3.8, 4) is 0 Å². The normalized spacial score (nSPS) is 15.4. The molecule has 1 saturated heterocycles. The molecule has 1 heterocycles. The number of para-hydroxylation sites is 1. The summed E-state index contributed by atoms with van der Waals surface area (Å²) in [6.45, 7) is 2.92. The van der Waals surface area contributed by atoms with E-state index in [1.54, 1.807) is 36.4 Å². The molecule has 0 spiro atoms. The minimum Gasteiger partial charge on any atom is -0.321 e. The Kier molecular flexibility index (Phi) is 6.91. The van der Waals surface area contributed by atoms with Gasteiger partial charge < -0.3 is 5.32 Å². The van der Waals surface area contributed by atoms with Crippen LogP contribution in [-0.2, 0) is 16.6 Å². The Morgan fingerprint density at radius 1 is 0.875 bits per heavy atom. The maximum Gasteiger partial charge on any atom is 0.255 e. The summed E-state index contributed by atoms with van der Waals surface area (Å²) >= 11 is 6.10. The van der Waals surface area contributed by atoms with Gasteiger partial charge in [0.15, 0.2) is 0 Å². The average Bonchev–Trinajstić information content (AvgIpc) is 2.82. The number of carbonyl (C=O) groups is 1. The molecule has 3 aromatic carbocycles. The van der Waals surface area contributed by atoms with Crippen molar-refractivity contribution in [2.45, 2.75) is 11.4 Å². The average molecular weight is 470 g/mol. The van der Waals surface area contributed by atoms with Gasteiger partial charge in [-0.2, -0.15) is 4.31 Å². The van der Waals surface area contributed by atoms with Gasteiger partial charge in [-0.1, -0.05) is 60.1 Å². The fraction of sp³-hybridized carbons (Fsp3) is 0.208. The molecule has 0 saturated carbocycles. The Morgan fingerprint density at radius 3 is 2.28 bits per heavy atom. The standard InChI is InChI=1S/C24H24ClN3O3S/c25-22-11-4-5-12-23(22)26-24(29)20-9-6-10-21(17-20)32(30,31)28-15-13-27(14-16-28)18-19-7-2-1-3-8-19/h1-12,17H,13-16,18H2,(H,26,29). The first kappa shape index (κ1) is 22.5. The van der Waals surface area contributed by atoms with Crippen molar-refractivity contribution in [3.63, 3.8) is 0 Å². The third-order valence-corrected chi connectivity index (χ3v) is 7.66. The van der Waals surface area contributed by atoms with E-state index in [0.717, 1.165) is 6.54 Å². The van der Waals surface area contributed by atoms with E-state index in [2.05, 4.69) is 22.3 Å². The highest BCUT2D eigenvalue weighted by atomic mass is 35.5. The van der Waals surface area contributed by atoms with Crippen LogP contribution in [0.15, 0.2) is 83.8 Å². The SMILES string of the molecule is O=C(Nc1ccccc1Cl)c1cccc(S(=O)(=O)N2CCN(Cc3ccccc3)CC2)c1. The lowest BCUT2D eigenvalue weighted by molar-refractivity contribution is 0.102. The Labute approximate surface area is 193 Å². The Morgan fingerprint density at radius 2 is 1.56 bits per heavy atom. The minimum atomic E-state index is -3.69. The van der Waals surface area contributed by atoms with Crippen LogP contribution in [-0.4, -0.2) is 49.7 Å². The predicted octanol–water partition coefficient (Wildman–Crippen LogP) is 4.10. The summed E-state index contributed by atoms with van der Waals surface area (Å²) in [7, 11) is -3.69. The molecule has 1 N–H and O–H groups in total. The molecule has 1 aliphatic rings. The predicted molar refractivity (Wildman–Crippen MR) is 126 cm³/mol. The maximum atomic E-state index is 13.2. The van der Waals surface area contributed by atoms with E-state index in [-0.39, 0.29) is 10.5 Å². The van der Waals surface area contributed by atoms with Crippen molar-refractivity contribution >= 4 is 33.2 Å². The number of benzene rings is 3. The number of halogens is 1. The lowest BCUT2D eigenvalue weighted by atomic mass is 10.2. The fourth-order valence-electron chi connectivity index (χ4n) is 3.67. The van der Waals surface area contributed by atoms with Crippen LogP contribution in [0, 0.1) is 0 Å². The third-order valence-electron chi connectivity index (χ3n) is 5.44. The van der Waals surface area contributed by atoms with Crippen LogP contribution in [0.2, 0.25) is 5.02 Å². The molecule has 1 aliphatic heterocycles. The van der Waals surface area contributed by atoms with Gasteiger partial charge in [0.05, 0.1) is 15.6 Å². The van der Waals surface area contributed by atoms with Gasteiger partial charge in [0.2, 0.25) is 10.0 Å². The number of amides is 1. The molecule has 6 nitrogen and oxygen atoms in total. The van der Waals surface area contributed by atoms with E-state index in [0.29, 0.717) is 36.9 Å². The Hall–Kier alpha value is -2.71. The topological polar surface area (TPSA) is 69.7 Å². The van der Waals surface area contributed by atoms with Gasteiger partial charge in [-0.25, -0.2) is 8.42 Å². The van der Waals surface area contributed by atoms with Crippen LogP contribution in [0.25, 0.3) is 0 Å². The van der Waals surface area contributed by atoms with Gasteiger partial charge in [-0.15, -0.1) is 0 Å². The number of nitrogens with zero attached hydrogens (tertiary/aromatic N) is 2. The fourth-order valence-corrected chi connectivity index (χ4v) is 5.33. The Balaban J connectivity index is 1.43. The van der Waals surface area contributed by atoms with Crippen LogP contribution >= 0.6 is 11.6 Å². The van der Waals surface area contributed by atoms with Crippen LogP contribution in [0.1, 0.15) is 15.9 Å². The molecule has 0 aliphatic carbocycles. The first-order chi connectivity index (χ1) is 15.4. The molecule has 0 atom stereocenters. The summed E-state index contributed by atoms with van der Waals surface area (Å²) in [6.07, 6.45) is 0. The molecule has 0 radical (unpaired) electrons. The summed E-state index contributed by atoms with van der Waals surface area (Å²) in [5.41, 5.74) is 1.94. The summed E-state index contributed by atoms with van der Waals surface area (Å²) in [5.74, 6) is -0.414. The zero-order valence-corrected chi connectivity index (χ0v) is 19.0. The van der Waals surface area contributed by atoms with E-state index in [4.69, 9.17) is 11.6 Å². The summed E-state index contributed by atoms with van der Waals surface area (Å²) in [5, 5.41) is 3.14. The van der Waals surface area contributed by atoms with Crippen molar-refractivity contribution < 1.29 is 13.2 Å². The lowest BCUT2D eigenvalue weighted by Crippen LogP contribution is -2.48. The molecular formula is C24H24ClN3O3S. The highest BCUT2D eigenvalue weighted by Gasteiger charge is 2.29. The molecule has 166 valence electrons. The molecule has 1 amide bonds. The second kappa shape index (κ2) is 9.83. The first-order valence-electron chi connectivity index (χ1n) is 10.4. The van der Waals surface area contributed by atoms with Crippen molar-refractivity contribution in [1.29, 1.82) is 0 Å². The number of hydrogen-bond donors (Lipinski definition) is 1. The zero-order valence-electron chi connectivity index (χ0n) is 17.4. The lowest BCUT2D eigenvalue weighted by Gasteiger charge is -2.34. The summed E-state index contributed by atoms with van der Waals surface area (Å²) in [6, 6.07) is 23.1. The van der Waals surface area contributed by atoms with Crippen molar-refractivity contribution in [2.24, 2.45) is 0 Å². The second-order valence-corrected chi connectivity index (χ2v) is 9.97. The van der Waals surface area contributed by atoms with Gasteiger partial charge in [-0.05, 0) is 35.9 Å². The largest absolute Gasteiger partial charge is 0.321 e. The molecule has 0 aromatic heterocycles. The molecule has 0 bridgehead atoms. The van der Waals surface area contributed by atoms with Crippen LogP contribution < -0.4 is 5.32 Å². The number of nitrogens with one attached hydrogen (secondary N) is 1. The van der Waals surface area contributed by atoms with Crippen LogP contribution in [0.3, 0.4) is 0 Å². The Bertz CT molecular complexity index is 1190. The smallest absolute Gasteiger partial charge is 0.255 e. The minimum absolute atomic E-state index is 0.112. The molecule has 0 unspecified atom stereocenters. The second-order valence-electron chi connectivity index (χ2n) is 7.63. The molecule has 3 aromatic rings. The highest BCUT2D eigenvalue weighted by molar-refractivity contribution is 7.89. The van der Waals surface area contributed by atoms with E-state index < -0.39 is 15.9 Å². The quantitative estimate of drug-likeness (QED) is 0.590. The van der Waals surface area contributed by atoms with Crippen LogP contribution in [0.5, 0.6) is 0 Å². The van der Waals surface area contributed by atoms with Gasteiger partial charge in [0.25, 0.3) is 5.91 Å². The monoisotopic (exact) mass is 469 g/mol. The van der Waals surface area contributed by atoms with Crippen LogP contribution in [0.4, 0.5) is 5.69 Å². The summed E-state index contributed by atoms with van der Waals surface area (Å²) in [4.78, 5) is 15.0. The molecule has 4 rings (SSSR count). The number of hydrogen-bond acceptors (Lipinski definition) is 4. The number of rotatable bonds is 6. The highest BCUT2D eigenvalue weighted by Crippen LogP contribution is 2.23. The van der Waals surface area contributed by atoms with Gasteiger partial charge in [-0.3, -0.25) is 9.69 Å². The van der Waals surface area contributed by atoms with E-state index >= 15 is 0 Å². The van der Waals surface area contributed by atoms with E-state index in [1.807, 2.05) is 18.2 Å². The van der Waals surface area contributed by atoms with Gasteiger partial charge in [0, 0.05) is 38.3 Å². The molecule has 32 heavy (non-hydrogen) atoms. The maximum absolute atomic E-state index is 13.2.